The molecular formula is C16H26N2O3. The molecule has 0 bridgehead atoms. The first-order valence-electron chi connectivity index (χ1n) is 7.17. The van der Waals surface area contributed by atoms with E-state index in [0.717, 1.165) is 5.56 Å². The molecule has 0 unspecified atom stereocenters. The standard InChI is InChI=1S/C16H26N2O3/c1-6-16(17,7-2)15(19)18(3)11-12-8-9-13(20-4)14(10-12)21-5/h8-10H,6-7,11,17H2,1-5H3. The highest BCUT2D eigenvalue weighted by atomic mass is 16.5. The summed E-state index contributed by atoms with van der Waals surface area (Å²) < 4.78 is 10.5. The van der Waals surface area contributed by atoms with E-state index in [0.29, 0.717) is 30.9 Å². The minimum atomic E-state index is -0.786. The molecule has 118 valence electrons. The van der Waals surface area contributed by atoms with Crippen LogP contribution >= 0.6 is 0 Å². The molecule has 0 radical (unpaired) electrons. The summed E-state index contributed by atoms with van der Waals surface area (Å²) in [4.78, 5) is 14.1. The largest absolute Gasteiger partial charge is 0.493 e. The van der Waals surface area contributed by atoms with Crippen LogP contribution in [0.2, 0.25) is 0 Å². The van der Waals surface area contributed by atoms with Crippen molar-refractivity contribution in [3.05, 3.63) is 23.8 Å². The van der Waals surface area contributed by atoms with Crippen molar-refractivity contribution in [1.82, 2.24) is 4.90 Å². The minimum absolute atomic E-state index is 0.0396. The maximum Gasteiger partial charge on any atom is 0.242 e. The zero-order chi connectivity index (χ0) is 16.0. The van der Waals surface area contributed by atoms with Crippen LogP contribution in [-0.2, 0) is 11.3 Å². The van der Waals surface area contributed by atoms with E-state index in [4.69, 9.17) is 15.2 Å². The van der Waals surface area contributed by atoms with Crippen LogP contribution < -0.4 is 15.2 Å². The third kappa shape index (κ3) is 3.88. The molecule has 0 aliphatic rings. The van der Waals surface area contributed by atoms with Crippen LogP contribution in [0.3, 0.4) is 0 Å². The fourth-order valence-corrected chi connectivity index (χ4v) is 2.26. The zero-order valence-electron chi connectivity index (χ0n) is 13.6. The molecule has 0 saturated carbocycles. The van der Waals surface area contributed by atoms with E-state index < -0.39 is 5.54 Å². The molecule has 5 heteroatoms. The topological polar surface area (TPSA) is 64.8 Å². The summed E-state index contributed by atoms with van der Waals surface area (Å²) in [7, 11) is 4.96. The van der Waals surface area contributed by atoms with E-state index >= 15 is 0 Å². The normalized spacial score (nSPS) is 11.1. The molecule has 1 aromatic rings. The van der Waals surface area contributed by atoms with Crippen LogP contribution in [-0.4, -0.2) is 37.6 Å². The number of rotatable bonds is 7. The van der Waals surface area contributed by atoms with Crippen molar-refractivity contribution in [2.45, 2.75) is 38.8 Å². The second-order valence-electron chi connectivity index (χ2n) is 5.21. The summed E-state index contributed by atoms with van der Waals surface area (Å²) in [6.45, 7) is 4.36. The Morgan fingerprint density at radius 3 is 2.24 bits per heavy atom. The van der Waals surface area contributed by atoms with Gasteiger partial charge >= 0.3 is 0 Å². The highest BCUT2D eigenvalue weighted by Crippen LogP contribution is 2.28. The predicted molar refractivity (Wildman–Crippen MR) is 83.5 cm³/mol. The monoisotopic (exact) mass is 294 g/mol. The Kier molecular flexibility index (Phi) is 6.03. The number of nitrogens with two attached hydrogens (primary N) is 1. The molecule has 0 aliphatic carbocycles. The van der Waals surface area contributed by atoms with E-state index in [9.17, 15) is 4.79 Å². The summed E-state index contributed by atoms with van der Waals surface area (Å²) in [5.74, 6) is 1.29. The number of carbonyl (C=O) groups is 1. The Balaban J connectivity index is 2.88. The summed E-state index contributed by atoms with van der Waals surface area (Å²) in [5.41, 5.74) is 6.34. The van der Waals surface area contributed by atoms with E-state index in [-0.39, 0.29) is 5.91 Å². The van der Waals surface area contributed by atoms with Crippen molar-refractivity contribution >= 4 is 5.91 Å². The van der Waals surface area contributed by atoms with Crippen molar-refractivity contribution in [2.75, 3.05) is 21.3 Å². The fourth-order valence-electron chi connectivity index (χ4n) is 2.26. The molecular weight excluding hydrogens is 268 g/mol. The Hall–Kier alpha value is -1.75. The highest BCUT2D eigenvalue weighted by molar-refractivity contribution is 5.85. The van der Waals surface area contributed by atoms with Crippen LogP contribution in [0.25, 0.3) is 0 Å². The summed E-state index contributed by atoms with van der Waals surface area (Å²) in [5, 5.41) is 0. The van der Waals surface area contributed by atoms with Gasteiger partial charge < -0.3 is 20.1 Å². The fraction of sp³-hybridized carbons (Fsp3) is 0.562. The van der Waals surface area contributed by atoms with Crippen LogP contribution in [0.1, 0.15) is 32.3 Å². The highest BCUT2D eigenvalue weighted by Gasteiger charge is 2.32. The molecule has 1 aromatic carbocycles. The minimum Gasteiger partial charge on any atom is -0.493 e. The molecule has 5 nitrogen and oxygen atoms in total. The smallest absolute Gasteiger partial charge is 0.242 e. The first-order chi connectivity index (χ1) is 9.91. The lowest BCUT2D eigenvalue weighted by Crippen LogP contribution is -2.53. The van der Waals surface area contributed by atoms with Crippen molar-refractivity contribution in [3.8, 4) is 11.5 Å². The number of amides is 1. The maximum atomic E-state index is 12.5. The third-order valence-corrected chi connectivity index (χ3v) is 3.90. The quantitative estimate of drug-likeness (QED) is 0.837. The van der Waals surface area contributed by atoms with Gasteiger partial charge in [0.25, 0.3) is 0 Å². The Morgan fingerprint density at radius 2 is 1.76 bits per heavy atom. The Labute approximate surface area is 127 Å². The van der Waals surface area contributed by atoms with E-state index in [1.807, 2.05) is 32.0 Å². The lowest BCUT2D eigenvalue weighted by atomic mass is 9.92. The molecule has 0 aliphatic heterocycles. The number of hydrogen-bond acceptors (Lipinski definition) is 4. The van der Waals surface area contributed by atoms with Crippen LogP contribution in [0.15, 0.2) is 18.2 Å². The van der Waals surface area contributed by atoms with Crippen LogP contribution in [0.4, 0.5) is 0 Å². The molecule has 1 amide bonds. The van der Waals surface area contributed by atoms with Gasteiger partial charge in [-0.05, 0) is 30.5 Å². The third-order valence-electron chi connectivity index (χ3n) is 3.90. The number of ether oxygens (including phenoxy) is 2. The van der Waals surface area contributed by atoms with Gasteiger partial charge in [0.2, 0.25) is 5.91 Å². The molecule has 0 aromatic heterocycles. The molecule has 21 heavy (non-hydrogen) atoms. The van der Waals surface area contributed by atoms with Crippen molar-refractivity contribution in [2.24, 2.45) is 5.73 Å². The van der Waals surface area contributed by atoms with Crippen molar-refractivity contribution in [3.63, 3.8) is 0 Å². The molecule has 0 fully saturated rings. The molecule has 0 saturated heterocycles. The summed E-state index contributed by atoms with van der Waals surface area (Å²) >= 11 is 0. The molecule has 2 N–H and O–H groups in total. The second-order valence-corrected chi connectivity index (χ2v) is 5.21. The molecule has 0 heterocycles. The van der Waals surface area contributed by atoms with Crippen LogP contribution in [0.5, 0.6) is 11.5 Å². The van der Waals surface area contributed by atoms with Gasteiger partial charge in [0.15, 0.2) is 11.5 Å². The summed E-state index contributed by atoms with van der Waals surface area (Å²) in [6, 6.07) is 5.63. The Morgan fingerprint density at radius 1 is 1.19 bits per heavy atom. The van der Waals surface area contributed by atoms with Gasteiger partial charge in [-0.3, -0.25) is 4.79 Å². The molecule has 0 spiro atoms. The summed E-state index contributed by atoms with van der Waals surface area (Å²) in [6.07, 6.45) is 1.25. The van der Waals surface area contributed by atoms with E-state index in [1.165, 1.54) is 0 Å². The number of hydrogen-bond donors (Lipinski definition) is 1. The van der Waals surface area contributed by atoms with Gasteiger partial charge in [-0.2, -0.15) is 0 Å². The lowest BCUT2D eigenvalue weighted by Gasteiger charge is -2.30. The van der Waals surface area contributed by atoms with Crippen molar-refractivity contribution in [1.29, 1.82) is 0 Å². The van der Waals surface area contributed by atoms with E-state index in [1.54, 1.807) is 26.2 Å². The number of methoxy groups -OCH3 is 2. The van der Waals surface area contributed by atoms with Gasteiger partial charge in [-0.25, -0.2) is 0 Å². The first kappa shape index (κ1) is 17.3. The van der Waals surface area contributed by atoms with Gasteiger partial charge in [-0.1, -0.05) is 19.9 Å². The average molecular weight is 294 g/mol. The van der Waals surface area contributed by atoms with Gasteiger partial charge in [0.05, 0.1) is 19.8 Å². The maximum absolute atomic E-state index is 12.5. The molecule has 1 rings (SSSR count). The predicted octanol–water partition coefficient (Wildman–Crippen LogP) is 2.18. The van der Waals surface area contributed by atoms with Crippen molar-refractivity contribution < 1.29 is 14.3 Å². The zero-order valence-corrected chi connectivity index (χ0v) is 13.6. The Bertz CT molecular complexity index is 484. The average Bonchev–Trinajstić information content (AvgIpc) is 2.52. The number of benzene rings is 1. The molecule has 0 atom stereocenters. The van der Waals surface area contributed by atoms with Gasteiger partial charge in [0, 0.05) is 13.6 Å². The number of likely N-dealkylation sites (N-methyl/N-ethyl adjacent to an activating group) is 1. The van der Waals surface area contributed by atoms with Gasteiger partial charge in [-0.15, -0.1) is 0 Å². The lowest BCUT2D eigenvalue weighted by molar-refractivity contribution is -0.136. The van der Waals surface area contributed by atoms with Crippen LogP contribution in [0, 0.1) is 0 Å². The second kappa shape index (κ2) is 7.31. The number of nitrogens with zero attached hydrogens (tertiary/aromatic N) is 1. The van der Waals surface area contributed by atoms with E-state index in [2.05, 4.69) is 0 Å². The SMILES string of the molecule is CCC(N)(CC)C(=O)N(C)Cc1ccc(OC)c(OC)c1. The van der Waals surface area contributed by atoms with Gasteiger partial charge in [0.1, 0.15) is 0 Å². The first-order valence-corrected chi connectivity index (χ1v) is 7.17. The number of carbonyl (C=O) groups excluding carboxylic acids is 1.